The molecule has 1 aliphatic carbocycles. The number of benzene rings is 1. The average Bonchev–Trinajstić information content (AvgIpc) is 3.53. The van der Waals surface area contributed by atoms with E-state index in [1.807, 2.05) is 13.1 Å². The number of hydrogen-bond donors (Lipinski definition) is 2. The van der Waals surface area contributed by atoms with Gasteiger partial charge in [0.25, 0.3) is 0 Å². The third kappa shape index (κ3) is 4.25. The molecule has 5 rings (SSSR count). The zero-order chi connectivity index (χ0) is 24.9. The molecule has 1 aliphatic heterocycles. The Kier molecular flexibility index (Phi) is 5.75. The van der Waals surface area contributed by atoms with E-state index in [2.05, 4.69) is 26.3 Å². The minimum absolute atomic E-state index is 0.0543. The van der Waals surface area contributed by atoms with Crippen LogP contribution in [-0.2, 0) is 6.18 Å². The first-order valence-electron chi connectivity index (χ1n) is 11.2. The second-order valence-electron chi connectivity index (χ2n) is 9.16. The van der Waals surface area contributed by atoms with Crippen LogP contribution in [0.25, 0.3) is 11.0 Å². The molecule has 1 saturated carbocycles. The fourth-order valence-corrected chi connectivity index (χ4v) is 5.64. The molecule has 3 heterocycles. The van der Waals surface area contributed by atoms with Crippen LogP contribution in [0.2, 0.25) is 5.02 Å². The number of nitrogens with zero attached hydrogens (tertiary/aromatic N) is 4. The summed E-state index contributed by atoms with van der Waals surface area (Å²) >= 11 is 5.67. The van der Waals surface area contributed by atoms with Crippen molar-refractivity contribution in [3.63, 3.8) is 0 Å². The van der Waals surface area contributed by atoms with Crippen molar-refractivity contribution in [2.75, 3.05) is 30.4 Å². The highest BCUT2D eigenvalue weighted by Gasteiger charge is 2.44. The first kappa shape index (κ1) is 23.3. The molecule has 3 aromatic rings. The number of nitriles is 1. The van der Waals surface area contributed by atoms with Crippen molar-refractivity contribution < 1.29 is 18.0 Å². The molecule has 0 bridgehead atoms. The number of aromatic amines is 1. The second kappa shape index (κ2) is 8.64. The summed E-state index contributed by atoms with van der Waals surface area (Å²) in [7, 11) is 1.98. The number of amides is 2. The molecule has 11 heteroatoms. The number of H-pyrrole nitrogens is 1. The van der Waals surface area contributed by atoms with Gasteiger partial charge in [0.2, 0.25) is 0 Å². The van der Waals surface area contributed by atoms with Crippen molar-refractivity contribution in [3.8, 4) is 6.07 Å². The zero-order valence-corrected chi connectivity index (χ0v) is 19.5. The zero-order valence-electron chi connectivity index (χ0n) is 18.7. The lowest BCUT2D eigenvalue weighted by atomic mass is 10.0. The third-order valence-corrected chi connectivity index (χ3v) is 7.44. The van der Waals surface area contributed by atoms with E-state index >= 15 is 0 Å². The number of fused-ring (bicyclic) bond motifs is 2. The maximum absolute atomic E-state index is 13.1. The van der Waals surface area contributed by atoms with Crippen LogP contribution in [-0.4, -0.2) is 47.1 Å². The average molecular weight is 503 g/mol. The molecule has 2 unspecified atom stereocenters. The van der Waals surface area contributed by atoms with Gasteiger partial charge in [0.15, 0.2) is 0 Å². The van der Waals surface area contributed by atoms with Crippen LogP contribution in [0.4, 0.5) is 29.3 Å². The number of alkyl halides is 3. The number of nitrogens with one attached hydrogen (secondary N) is 2. The summed E-state index contributed by atoms with van der Waals surface area (Å²) in [6.45, 7) is 1.06. The Morgan fingerprint density at radius 3 is 2.66 bits per heavy atom. The molecule has 2 fully saturated rings. The lowest BCUT2D eigenvalue weighted by Crippen LogP contribution is -2.36. The SMILES string of the molecule is CN(c1c(C#N)cnc2[nH]ccc12)C1CC2CN(C(=O)Nc3ccc(Cl)c(C(F)(F)F)c3)CC2C1. The predicted octanol–water partition coefficient (Wildman–Crippen LogP) is 5.49. The van der Waals surface area contributed by atoms with Gasteiger partial charge in [0.1, 0.15) is 11.7 Å². The number of halogens is 4. The fraction of sp³-hybridized carbons (Fsp3) is 0.375. The van der Waals surface area contributed by atoms with E-state index in [-0.39, 0.29) is 23.6 Å². The fourth-order valence-electron chi connectivity index (χ4n) is 5.41. The Bertz CT molecular complexity index is 1320. The van der Waals surface area contributed by atoms with Crippen LogP contribution in [0.5, 0.6) is 0 Å². The molecular formula is C24H22ClF3N6O. The molecule has 2 N–H and O–H groups in total. The molecule has 0 spiro atoms. The number of rotatable bonds is 3. The van der Waals surface area contributed by atoms with E-state index in [0.717, 1.165) is 41.7 Å². The van der Waals surface area contributed by atoms with Gasteiger partial charge < -0.3 is 20.1 Å². The highest BCUT2D eigenvalue weighted by molar-refractivity contribution is 6.31. The number of carbonyl (C=O) groups is 1. The van der Waals surface area contributed by atoms with E-state index in [0.29, 0.717) is 18.7 Å². The largest absolute Gasteiger partial charge is 0.417 e. The Labute approximate surface area is 204 Å². The van der Waals surface area contributed by atoms with Gasteiger partial charge in [-0.1, -0.05) is 11.6 Å². The minimum Gasteiger partial charge on any atom is -0.370 e. The van der Waals surface area contributed by atoms with Crippen LogP contribution in [0.15, 0.2) is 36.7 Å². The quantitative estimate of drug-likeness (QED) is 0.496. The van der Waals surface area contributed by atoms with Gasteiger partial charge in [-0.3, -0.25) is 0 Å². The van der Waals surface area contributed by atoms with Gasteiger partial charge in [-0.05, 0) is 48.9 Å². The van der Waals surface area contributed by atoms with E-state index < -0.39 is 22.8 Å². The maximum atomic E-state index is 13.1. The number of pyridine rings is 1. The van der Waals surface area contributed by atoms with Gasteiger partial charge in [-0.15, -0.1) is 0 Å². The Hall–Kier alpha value is -3.45. The van der Waals surface area contributed by atoms with Crippen molar-refractivity contribution >= 4 is 40.0 Å². The van der Waals surface area contributed by atoms with E-state index in [9.17, 15) is 23.2 Å². The summed E-state index contributed by atoms with van der Waals surface area (Å²) in [6.07, 6.45) is 0.476. The first-order valence-corrected chi connectivity index (χ1v) is 11.5. The maximum Gasteiger partial charge on any atom is 0.417 e. The summed E-state index contributed by atoms with van der Waals surface area (Å²) < 4.78 is 39.4. The summed E-state index contributed by atoms with van der Waals surface area (Å²) in [5.74, 6) is 0.552. The van der Waals surface area contributed by atoms with Crippen molar-refractivity contribution in [1.82, 2.24) is 14.9 Å². The minimum atomic E-state index is -4.60. The number of carbonyl (C=O) groups excluding carboxylic acids is 1. The molecule has 1 aromatic carbocycles. The monoisotopic (exact) mass is 502 g/mol. The molecule has 0 radical (unpaired) electrons. The smallest absolute Gasteiger partial charge is 0.370 e. The standard InChI is InChI=1S/C24H22ClF3N6O/c1-33(21-15(9-29)10-31-22-18(21)4-5-30-22)17-6-13-11-34(12-14(13)7-17)23(35)32-16-2-3-20(25)19(8-16)24(26,27)28/h2-5,8,10,13-14,17H,6-7,11-12H2,1H3,(H,30,31)(H,32,35). The van der Waals surface area contributed by atoms with E-state index in [1.165, 1.54) is 6.07 Å². The Morgan fingerprint density at radius 2 is 2.00 bits per heavy atom. The Morgan fingerprint density at radius 1 is 1.29 bits per heavy atom. The predicted molar refractivity (Wildman–Crippen MR) is 126 cm³/mol. The number of anilines is 2. The van der Waals surface area contributed by atoms with Gasteiger partial charge in [-0.2, -0.15) is 18.4 Å². The number of aromatic nitrogens is 2. The van der Waals surface area contributed by atoms with Crippen LogP contribution < -0.4 is 10.2 Å². The van der Waals surface area contributed by atoms with Crippen LogP contribution >= 0.6 is 11.6 Å². The molecule has 2 atom stereocenters. The molecule has 2 aromatic heterocycles. The third-order valence-electron chi connectivity index (χ3n) is 7.12. The number of urea groups is 1. The number of likely N-dealkylation sites (tertiary alicyclic amines) is 1. The summed E-state index contributed by atoms with van der Waals surface area (Å²) in [4.78, 5) is 24.0. The van der Waals surface area contributed by atoms with Gasteiger partial charge in [0.05, 0.1) is 21.8 Å². The van der Waals surface area contributed by atoms with Gasteiger partial charge in [-0.25, -0.2) is 9.78 Å². The molecule has 2 aliphatic rings. The van der Waals surface area contributed by atoms with Gasteiger partial charge >= 0.3 is 12.2 Å². The van der Waals surface area contributed by atoms with Crippen molar-refractivity contribution in [3.05, 3.63) is 52.8 Å². The summed E-state index contributed by atoms with van der Waals surface area (Å²) in [5.41, 5.74) is 1.16. The lowest BCUT2D eigenvalue weighted by molar-refractivity contribution is -0.137. The van der Waals surface area contributed by atoms with Crippen LogP contribution in [0.3, 0.4) is 0 Å². The highest BCUT2D eigenvalue weighted by atomic mass is 35.5. The molecule has 7 nitrogen and oxygen atoms in total. The first-order chi connectivity index (χ1) is 16.7. The van der Waals surface area contributed by atoms with Crippen LogP contribution in [0, 0.1) is 23.2 Å². The Balaban J connectivity index is 1.25. The summed E-state index contributed by atoms with van der Waals surface area (Å²) in [5, 5.41) is 12.7. The second-order valence-corrected chi connectivity index (χ2v) is 9.56. The van der Waals surface area contributed by atoms with Gasteiger partial charge in [0, 0.05) is 49.6 Å². The highest BCUT2D eigenvalue weighted by Crippen LogP contribution is 2.43. The molecule has 1 saturated heterocycles. The lowest BCUT2D eigenvalue weighted by Gasteiger charge is -2.29. The van der Waals surface area contributed by atoms with E-state index in [4.69, 9.17) is 11.6 Å². The molecule has 2 amide bonds. The molecule has 35 heavy (non-hydrogen) atoms. The number of hydrogen-bond acceptors (Lipinski definition) is 4. The van der Waals surface area contributed by atoms with Crippen molar-refractivity contribution in [2.45, 2.75) is 25.1 Å². The topological polar surface area (TPSA) is 88.1 Å². The molecule has 182 valence electrons. The normalized spacial score (nSPS) is 21.7. The van der Waals surface area contributed by atoms with Crippen LogP contribution in [0.1, 0.15) is 24.0 Å². The van der Waals surface area contributed by atoms with Crippen molar-refractivity contribution in [2.24, 2.45) is 11.8 Å². The van der Waals surface area contributed by atoms with Crippen molar-refractivity contribution in [1.29, 1.82) is 5.26 Å². The molecular weight excluding hydrogens is 481 g/mol. The summed E-state index contributed by atoms with van der Waals surface area (Å²) in [6, 6.07) is 7.28. The van der Waals surface area contributed by atoms with E-state index in [1.54, 1.807) is 17.3 Å².